The molecule has 0 aliphatic carbocycles. The second-order valence-corrected chi connectivity index (χ2v) is 6.03. The first-order valence-electron chi connectivity index (χ1n) is 8.00. The van der Waals surface area contributed by atoms with Crippen LogP contribution in [0.4, 0.5) is 11.4 Å². The van der Waals surface area contributed by atoms with Gasteiger partial charge in [0.1, 0.15) is 5.69 Å². The van der Waals surface area contributed by atoms with Crippen LogP contribution in [0.25, 0.3) is 0 Å². The summed E-state index contributed by atoms with van der Waals surface area (Å²) in [5.41, 5.74) is 0.719. The average molecular weight is 392 g/mol. The van der Waals surface area contributed by atoms with Gasteiger partial charge in [-0.3, -0.25) is 14.9 Å². The molecule has 0 heterocycles. The van der Waals surface area contributed by atoms with Crippen molar-refractivity contribution in [3.63, 3.8) is 0 Å². The lowest BCUT2D eigenvalue weighted by Gasteiger charge is -2.15. The van der Waals surface area contributed by atoms with E-state index in [1.54, 1.807) is 31.2 Å². The van der Waals surface area contributed by atoms with Gasteiger partial charge in [0.15, 0.2) is 6.61 Å². The number of halogens is 1. The highest BCUT2D eigenvalue weighted by Crippen LogP contribution is 2.25. The summed E-state index contributed by atoms with van der Waals surface area (Å²) >= 11 is 6.08. The molecular weight excluding hydrogens is 374 g/mol. The number of anilines is 1. The number of ether oxygens (including phenoxy) is 1. The Morgan fingerprint density at radius 3 is 2.59 bits per heavy atom. The maximum absolute atomic E-state index is 12.1. The Morgan fingerprint density at radius 1 is 1.26 bits per heavy atom. The topological polar surface area (TPSA) is 111 Å². The van der Waals surface area contributed by atoms with Crippen molar-refractivity contribution in [1.29, 1.82) is 0 Å². The zero-order valence-corrected chi connectivity index (χ0v) is 15.4. The number of carbonyl (C=O) groups excluding carboxylic acids is 2. The van der Waals surface area contributed by atoms with Crippen LogP contribution in [0.2, 0.25) is 5.02 Å². The minimum atomic E-state index is -0.832. The van der Waals surface area contributed by atoms with Gasteiger partial charge in [-0.25, -0.2) is 4.79 Å². The second kappa shape index (κ2) is 9.00. The SMILES string of the molecule is CNc1ccc(C(=O)OCC(=O)N[C@@H](C)c2ccccc2Cl)cc1[N+](=O)[O-]. The van der Waals surface area contributed by atoms with Crippen LogP contribution < -0.4 is 10.6 Å². The van der Waals surface area contributed by atoms with Gasteiger partial charge in [-0.15, -0.1) is 0 Å². The first-order chi connectivity index (χ1) is 12.8. The molecule has 142 valence electrons. The molecule has 2 aromatic rings. The van der Waals surface area contributed by atoms with Crippen LogP contribution >= 0.6 is 11.6 Å². The second-order valence-electron chi connectivity index (χ2n) is 5.63. The molecule has 0 radical (unpaired) electrons. The predicted octanol–water partition coefficient (Wildman–Crippen LogP) is 3.32. The molecule has 8 nitrogen and oxygen atoms in total. The zero-order valence-electron chi connectivity index (χ0n) is 14.7. The average Bonchev–Trinajstić information content (AvgIpc) is 2.65. The Kier molecular flexibility index (Phi) is 6.73. The fraction of sp³-hybridized carbons (Fsp3) is 0.222. The lowest BCUT2D eigenvalue weighted by Crippen LogP contribution is -2.31. The number of rotatable bonds is 7. The summed E-state index contributed by atoms with van der Waals surface area (Å²) in [5.74, 6) is -1.35. The van der Waals surface area contributed by atoms with Gasteiger partial charge in [-0.2, -0.15) is 0 Å². The third-order valence-electron chi connectivity index (χ3n) is 3.78. The Bertz CT molecular complexity index is 872. The van der Waals surface area contributed by atoms with Gasteiger partial charge >= 0.3 is 5.97 Å². The van der Waals surface area contributed by atoms with E-state index < -0.39 is 23.4 Å². The molecule has 0 saturated heterocycles. The molecule has 1 atom stereocenters. The predicted molar refractivity (Wildman–Crippen MR) is 101 cm³/mol. The number of nitro groups is 1. The van der Waals surface area contributed by atoms with Crippen molar-refractivity contribution in [3.05, 3.63) is 68.7 Å². The molecule has 2 aromatic carbocycles. The van der Waals surface area contributed by atoms with Gasteiger partial charge in [0.2, 0.25) is 0 Å². The largest absolute Gasteiger partial charge is 0.452 e. The van der Waals surface area contributed by atoms with Crippen LogP contribution in [-0.2, 0) is 9.53 Å². The van der Waals surface area contributed by atoms with Crippen molar-refractivity contribution in [2.75, 3.05) is 19.0 Å². The molecule has 0 unspecified atom stereocenters. The number of hydrogen-bond acceptors (Lipinski definition) is 6. The third-order valence-corrected chi connectivity index (χ3v) is 4.13. The van der Waals surface area contributed by atoms with E-state index in [2.05, 4.69) is 10.6 Å². The fourth-order valence-electron chi connectivity index (χ4n) is 2.42. The fourth-order valence-corrected chi connectivity index (χ4v) is 2.72. The number of carbonyl (C=O) groups is 2. The van der Waals surface area contributed by atoms with Crippen LogP contribution in [0.1, 0.15) is 28.9 Å². The molecule has 1 amide bonds. The third kappa shape index (κ3) is 5.18. The first kappa shape index (κ1) is 20.2. The highest BCUT2D eigenvalue weighted by molar-refractivity contribution is 6.31. The van der Waals surface area contributed by atoms with E-state index in [0.29, 0.717) is 5.02 Å². The maximum atomic E-state index is 12.1. The summed E-state index contributed by atoms with van der Waals surface area (Å²) in [7, 11) is 1.53. The smallest absolute Gasteiger partial charge is 0.338 e. The van der Waals surface area contributed by atoms with Crippen LogP contribution in [-0.4, -0.2) is 30.5 Å². The number of nitrogens with zero attached hydrogens (tertiary/aromatic N) is 1. The van der Waals surface area contributed by atoms with E-state index in [9.17, 15) is 19.7 Å². The minimum absolute atomic E-state index is 0.0207. The molecular formula is C18H18ClN3O5. The normalized spacial score (nSPS) is 11.4. The van der Waals surface area contributed by atoms with Gasteiger partial charge in [-0.05, 0) is 30.7 Å². The number of nitro benzene ring substituents is 1. The van der Waals surface area contributed by atoms with E-state index in [4.69, 9.17) is 16.3 Å². The van der Waals surface area contributed by atoms with Gasteiger partial charge in [0.25, 0.3) is 11.6 Å². The lowest BCUT2D eigenvalue weighted by molar-refractivity contribution is -0.384. The zero-order chi connectivity index (χ0) is 20.0. The van der Waals surface area contributed by atoms with Crippen molar-refractivity contribution in [2.24, 2.45) is 0 Å². The highest BCUT2D eigenvalue weighted by atomic mass is 35.5. The van der Waals surface area contributed by atoms with E-state index in [1.807, 2.05) is 0 Å². The number of esters is 1. The van der Waals surface area contributed by atoms with Crippen molar-refractivity contribution in [3.8, 4) is 0 Å². The molecule has 9 heteroatoms. The van der Waals surface area contributed by atoms with E-state index in [1.165, 1.54) is 19.2 Å². The number of hydrogen-bond donors (Lipinski definition) is 2. The molecule has 0 aromatic heterocycles. The van der Waals surface area contributed by atoms with Crippen molar-refractivity contribution in [1.82, 2.24) is 5.32 Å². The summed E-state index contributed by atoms with van der Waals surface area (Å²) in [6.07, 6.45) is 0. The minimum Gasteiger partial charge on any atom is -0.452 e. The van der Waals surface area contributed by atoms with Crippen LogP contribution in [0.15, 0.2) is 42.5 Å². The molecule has 0 aliphatic heterocycles. The molecule has 2 N–H and O–H groups in total. The summed E-state index contributed by atoms with van der Waals surface area (Å²) in [5, 5.41) is 16.9. The summed E-state index contributed by atoms with van der Waals surface area (Å²) in [4.78, 5) is 34.5. The van der Waals surface area contributed by atoms with E-state index >= 15 is 0 Å². The Morgan fingerprint density at radius 2 is 1.96 bits per heavy atom. The molecule has 0 bridgehead atoms. The standard InChI is InChI=1S/C18H18ClN3O5/c1-11(13-5-3-4-6-14(13)19)21-17(23)10-27-18(24)12-7-8-15(20-2)16(9-12)22(25)26/h3-9,11,20H,10H2,1-2H3,(H,21,23)/t11-/m0/s1. The summed E-state index contributed by atoms with van der Waals surface area (Å²) in [6, 6.07) is 10.6. The molecule has 0 spiro atoms. The van der Waals surface area contributed by atoms with E-state index in [0.717, 1.165) is 11.6 Å². The van der Waals surface area contributed by atoms with Crippen molar-refractivity contribution in [2.45, 2.75) is 13.0 Å². The number of benzene rings is 2. The quantitative estimate of drug-likeness (QED) is 0.425. The first-order valence-corrected chi connectivity index (χ1v) is 8.38. The number of amides is 1. The lowest BCUT2D eigenvalue weighted by atomic mass is 10.1. The Hall–Kier alpha value is -3.13. The van der Waals surface area contributed by atoms with Crippen molar-refractivity contribution >= 4 is 34.9 Å². The molecule has 0 fully saturated rings. The Balaban J connectivity index is 1.97. The summed E-state index contributed by atoms with van der Waals surface area (Å²) < 4.78 is 4.94. The number of nitrogens with one attached hydrogen (secondary N) is 2. The van der Waals surface area contributed by atoms with Gasteiger partial charge in [-0.1, -0.05) is 29.8 Å². The molecule has 0 saturated carbocycles. The van der Waals surface area contributed by atoms with Gasteiger partial charge in [0, 0.05) is 18.1 Å². The van der Waals surface area contributed by atoms with Crippen molar-refractivity contribution < 1.29 is 19.2 Å². The van der Waals surface area contributed by atoms with Crippen LogP contribution in [0, 0.1) is 10.1 Å². The molecule has 2 rings (SSSR count). The summed E-state index contributed by atoms with van der Waals surface area (Å²) in [6.45, 7) is 1.23. The molecule has 0 aliphatic rings. The van der Waals surface area contributed by atoms with Crippen LogP contribution in [0.3, 0.4) is 0 Å². The van der Waals surface area contributed by atoms with Crippen LogP contribution in [0.5, 0.6) is 0 Å². The monoisotopic (exact) mass is 391 g/mol. The Labute approximate surface area is 160 Å². The highest BCUT2D eigenvalue weighted by Gasteiger charge is 2.19. The van der Waals surface area contributed by atoms with Gasteiger partial charge < -0.3 is 15.4 Å². The van der Waals surface area contributed by atoms with E-state index in [-0.39, 0.29) is 23.0 Å². The van der Waals surface area contributed by atoms with Gasteiger partial charge in [0.05, 0.1) is 16.5 Å². The maximum Gasteiger partial charge on any atom is 0.338 e. The molecule has 27 heavy (non-hydrogen) atoms.